The molecule has 0 radical (unpaired) electrons. The van der Waals surface area contributed by atoms with Gasteiger partial charge in [-0.1, -0.05) is 18.2 Å². The summed E-state index contributed by atoms with van der Waals surface area (Å²) in [4.78, 5) is 13.1. The number of benzene rings is 1. The van der Waals surface area contributed by atoms with Gasteiger partial charge in [-0.3, -0.25) is 9.89 Å². The minimum Gasteiger partial charge on any atom is -0.484 e. The van der Waals surface area contributed by atoms with E-state index < -0.39 is 12.8 Å². The van der Waals surface area contributed by atoms with Gasteiger partial charge in [0.1, 0.15) is 5.75 Å². The van der Waals surface area contributed by atoms with E-state index in [0.29, 0.717) is 5.56 Å². The number of nitrogens with zero attached hydrogens (tertiary/aromatic N) is 1. The van der Waals surface area contributed by atoms with Gasteiger partial charge in [0, 0.05) is 6.54 Å². The quantitative estimate of drug-likeness (QED) is 0.678. The van der Waals surface area contributed by atoms with Crippen molar-refractivity contribution in [3.8, 4) is 16.3 Å². The van der Waals surface area contributed by atoms with E-state index in [1.54, 1.807) is 18.2 Å². The van der Waals surface area contributed by atoms with Crippen molar-refractivity contribution in [2.24, 2.45) is 0 Å². The molecule has 0 aliphatic heterocycles. The fourth-order valence-electron chi connectivity index (χ4n) is 2.18. The van der Waals surface area contributed by atoms with E-state index in [2.05, 4.69) is 15.5 Å². The number of carbonyl (C=O) groups is 1. The Bertz CT molecular complexity index is 876. The second kappa shape index (κ2) is 7.61. The molecule has 2 heterocycles. The van der Waals surface area contributed by atoms with Gasteiger partial charge in [0.25, 0.3) is 5.91 Å². The molecule has 0 aliphatic carbocycles. The van der Waals surface area contributed by atoms with E-state index in [-0.39, 0.29) is 23.9 Å². The average molecular weight is 381 g/mol. The van der Waals surface area contributed by atoms with Crippen molar-refractivity contribution in [1.29, 1.82) is 0 Å². The molecule has 9 heteroatoms. The number of thiophene rings is 1. The minimum atomic E-state index is -4.40. The lowest BCUT2D eigenvalue weighted by Gasteiger charge is -2.10. The zero-order valence-electron chi connectivity index (χ0n) is 13.3. The van der Waals surface area contributed by atoms with Crippen LogP contribution in [0.2, 0.25) is 0 Å². The van der Waals surface area contributed by atoms with Gasteiger partial charge in [-0.25, -0.2) is 0 Å². The molecule has 1 aromatic carbocycles. The standard InChI is InChI=1S/C17H14F3N3O2S/c18-17(19,20)10-25-12-4-1-3-11(7-12)9-21-16(24)14-8-13(22-23-14)15-5-2-6-26-15/h1-8H,9-10H2,(H,21,24)(H,22,23). The van der Waals surface area contributed by atoms with Crippen molar-refractivity contribution in [2.75, 3.05) is 6.61 Å². The van der Waals surface area contributed by atoms with Crippen LogP contribution in [0.1, 0.15) is 16.1 Å². The average Bonchev–Trinajstić information content (AvgIpc) is 3.28. The van der Waals surface area contributed by atoms with Crippen LogP contribution in [-0.4, -0.2) is 28.9 Å². The van der Waals surface area contributed by atoms with Crippen molar-refractivity contribution >= 4 is 17.2 Å². The molecule has 0 unspecified atom stereocenters. The molecule has 0 atom stereocenters. The summed E-state index contributed by atoms with van der Waals surface area (Å²) in [5, 5.41) is 11.4. The van der Waals surface area contributed by atoms with Crippen LogP contribution in [0.3, 0.4) is 0 Å². The molecule has 1 amide bonds. The molecular formula is C17H14F3N3O2S. The second-order valence-corrected chi connectivity index (χ2v) is 6.33. The molecule has 5 nitrogen and oxygen atoms in total. The summed E-state index contributed by atoms with van der Waals surface area (Å²) < 4.78 is 41.3. The first-order valence-electron chi connectivity index (χ1n) is 7.57. The summed E-state index contributed by atoms with van der Waals surface area (Å²) >= 11 is 1.52. The third kappa shape index (κ3) is 4.85. The summed E-state index contributed by atoms with van der Waals surface area (Å²) in [6.07, 6.45) is -4.40. The van der Waals surface area contributed by atoms with Crippen LogP contribution in [0.25, 0.3) is 10.6 Å². The van der Waals surface area contributed by atoms with E-state index in [4.69, 9.17) is 4.74 Å². The lowest BCUT2D eigenvalue weighted by Crippen LogP contribution is -2.23. The Labute approximate surface area is 150 Å². The predicted octanol–water partition coefficient (Wildman–Crippen LogP) is 4.01. The summed E-state index contributed by atoms with van der Waals surface area (Å²) in [7, 11) is 0. The Morgan fingerprint density at radius 3 is 2.81 bits per heavy atom. The lowest BCUT2D eigenvalue weighted by molar-refractivity contribution is -0.153. The Hall–Kier alpha value is -2.81. The number of nitrogens with one attached hydrogen (secondary N) is 2. The zero-order chi connectivity index (χ0) is 18.6. The van der Waals surface area contributed by atoms with Crippen LogP contribution in [0, 0.1) is 0 Å². The van der Waals surface area contributed by atoms with Gasteiger partial charge in [-0.15, -0.1) is 11.3 Å². The highest BCUT2D eigenvalue weighted by molar-refractivity contribution is 7.13. The lowest BCUT2D eigenvalue weighted by atomic mass is 10.2. The minimum absolute atomic E-state index is 0.0915. The van der Waals surface area contributed by atoms with E-state index in [1.165, 1.54) is 23.5 Å². The summed E-state index contributed by atoms with van der Waals surface area (Å²) in [5.41, 5.74) is 1.60. The van der Waals surface area contributed by atoms with E-state index >= 15 is 0 Å². The molecule has 2 N–H and O–H groups in total. The van der Waals surface area contributed by atoms with Gasteiger partial charge >= 0.3 is 6.18 Å². The smallest absolute Gasteiger partial charge is 0.422 e. The number of alkyl halides is 3. The highest BCUT2D eigenvalue weighted by Gasteiger charge is 2.28. The number of ether oxygens (including phenoxy) is 1. The largest absolute Gasteiger partial charge is 0.484 e. The highest BCUT2D eigenvalue weighted by atomic mass is 32.1. The number of amides is 1. The number of rotatable bonds is 6. The fraction of sp³-hybridized carbons (Fsp3) is 0.176. The first-order chi connectivity index (χ1) is 12.4. The maximum atomic E-state index is 12.2. The van der Waals surface area contributed by atoms with E-state index in [0.717, 1.165) is 10.6 Å². The maximum absolute atomic E-state index is 12.2. The topological polar surface area (TPSA) is 67.0 Å². The zero-order valence-corrected chi connectivity index (χ0v) is 14.2. The van der Waals surface area contributed by atoms with Gasteiger partial charge in [0.2, 0.25) is 0 Å². The van der Waals surface area contributed by atoms with Gasteiger partial charge in [-0.2, -0.15) is 18.3 Å². The third-order valence-corrected chi connectivity index (χ3v) is 4.25. The molecule has 0 spiro atoms. The summed E-state index contributed by atoms with van der Waals surface area (Å²) in [6, 6.07) is 11.6. The molecular weight excluding hydrogens is 367 g/mol. The maximum Gasteiger partial charge on any atom is 0.422 e. The van der Waals surface area contributed by atoms with E-state index in [1.807, 2.05) is 17.5 Å². The van der Waals surface area contributed by atoms with Crippen molar-refractivity contribution in [1.82, 2.24) is 15.5 Å². The number of aromatic nitrogens is 2. The third-order valence-electron chi connectivity index (χ3n) is 3.35. The summed E-state index contributed by atoms with van der Waals surface area (Å²) in [5.74, 6) is -0.292. The van der Waals surface area contributed by atoms with Gasteiger partial charge in [-0.05, 0) is 35.2 Å². The first-order valence-corrected chi connectivity index (χ1v) is 8.45. The molecule has 0 aliphatic rings. The van der Waals surface area contributed by atoms with Crippen molar-refractivity contribution in [3.63, 3.8) is 0 Å². The van der Waals surface area contributed by atoms with E-state index in [9.17, 15) is 18.0 Å². The highest BCUT2D eigenvalue weighted by Crippen LogP contribution is 2.23. The van der Waals surface area contributed by atoms with Crippen LogP contribution in [0.4, 0.5) is 13.2 Å². The van der Waals surface area contributed by atoms with Gasteiger partial charge < -0.3 is 10.1 Å². The fourth-order valence-corrected chi connectivity index (χ4v) is 2.87. The molecule has 0 saturated heterocycles. The van der Waals surface area contributed by atoms with Crippen molar-refractivity contribution < 1.29 is 22.7 Å². The van der Waals surface area contributed by atoms with Crippen LogP contribution >= 0.6 is 11.3 Å². The SMILES string of the molecule is O=C(NCc1cccc(OCC(F)(F)F)c1)c1cc(-c2cccs2)[nH]n1. The molecule has 136 valence electrons. The molecule has 3 aromatic rings. The van der Waals surface area contributed by atoms with Crippen LogP contribution in [0.15, 0.2) is 47.8 Å². The van der Waals surface area contributed by atoms with Crippen molar-refractivity contribution in [3.05, 3.63) is 59.1 Å². The van der Waals surface area contributed by atoms with Crippen molar-refractivity contribution in [2.45, 2.75) is 12.7 Å². The predicted molar refractivity (Wildman–Crippen MR) is 91.1 cm³/mol. The molecule has 0 fully saturated rings. The van der Waals surface area contributed by atoms with Crippen LogP contribution < -0.4 is 10.1 Å². The Kier molecular flexibility index (Phi) is 5.27. The first kappa shape index (κ1) is 18.0. The van der Waals surface area contributed by atoms with Crippen LogP contribution in [0.5, 0.6) is 5.75 Å². The Morgan fingerprint density at radius 2 is 2.08 bits per heavy atom. The number of aromatic amines is 1. The van der Waals surface area contributed by atoms with Gasteiger partial charge in [0.05, 0.1) is 10.6 Å². The molecule has 0 bridgehead atoms. The molecule has 2 aromatic heterocycles. The summed E-state index contributed by atoms with van der Waals surface area (Å²) in [6.45, 7) is -1.22. The van der Waals surface area contributed by atoms with Gasteiger partial charge in [0.15, 0.2) is 12.3 Å². The number of hydrogen-bond donors (Lipinski definition) is 2. The Morgan fingerprint density at radius 1 is 1.23 bits per heavy atom. The number of carbonyl (C=O) groups excluding carboxylic acids is 1. The number of halogens is 3. The number of hydrogen-bond acceptors (Lipinski definition) is 4. The molecule has 0 saturated carbocycles. The normalized spacial score (nSPS) is 11.3. The number of H-pyrrole nitrogens is 1. The monoisotopic (exact) mass is 381 g/mol. The molecule has 26 heavy (non-hydrogen) atoms. The van der Waals surface area contributed by atoms with Crippen LogP contribution in [-0.2, 0) is 6.54 Å². The molecule has 3 rings (SSSR count). The second-order valence-electron chi connectivity index (χ2n) is 5.38. The Balaban J connectivity index is 1.58.